The Hall–Kier alpha value is -2.18. The lowest BCUT2D eigenvalue weighted by Gasteiger charge is -2.45. The van der Waals surface area contributed by atoms with Gasteiger partial charge in [0, 0.05) is 35.5 Å². The van der Waals surface area contributed by atoms with Crippen molar-refractivity contribution in [1.29, 1.82) is 0 Å². The van der Waals surface area contributed by atoms with E-state index in [9.17, 15) is 13.9 Å². The van der Waals surface area contributed by atoms with Gasteiger partial charge in [-0.25, -0.2) is 27.8 Å². The van der Waals surface area contributed by atoms with E-state index in [0.717, 1.165) is 4.68 Å². The van der Waals surface area contributed by atoms with E-state index in [2.05, 4.69) is 20.4 Å². The predicted octanol–water partition coefficient (Wildman–Crippen LogP) is 4.73. The highest BCUT2D eigenvalue weighted by atomic mass is 35.5. The summed E-state index contributed by atoms with van der Waals surface area (Å²) in [7, 11) is 0. The number of likely N-dealkylation sites (tertiary alicyclic amines) is 1. The molecule has 0 spiro atoms. The molecule has 0 radical (unpaired) electrons. The van der Waals surface area contributed by atoms with Crippen LogP contribution in [0, 0.1) is 0 Å². The van der Waals surface area contributed by atoms with Crippen molar-refractivity contribution < 1.29 is 23.0 Å². The molecule has 37 heavy (non-hydrogen) atoms. The number of hydrogen-bond donors (Lipinski definition) is 2. The topological polar surface area (TPSA) is 88.3 Å². The molecule has 1 saturated carbocycles. The van der Waals surface area contributed by atoms with Gasteiger partial charge in [0.2, 0.25) is 5.95 Å². The zero-order chi connectivity index (χ0) is 26.1. The molecule has 1 aromatic carbocycles. The summed E-state index contributed by atoms with van der Waals surface area (Å²) in [6, 6.07) is 2.43. The summed E-state index contributed by atoms with van der Waals surface area (Å²) in [6.45, 7) is 3.27. The van der Waals surface area contributed by atoms with Crippen molar-refractivity contribution in [2.75, 3.05) is 31.6 Å². The number of alkyl halides is 3. The Balaban J connectivity index is 1.23. The highest BCUT2D eigenvalue weighted by Crippen LogP contribution is 2.53. The van der Waals surface area contributed by atoms with E-state index in [1.165, 1.54) is 6.20 Å². The summed E-state index contributed by atoms with van der Waals surface area (Å²) in [5.74, 6) is -3.05. The first-order chi connectivity index (χ1) is 17.6. The van der Waals surface area contributed by atoms with Gasteiger partial charge in [-0.2, -0.15) is 5.10 Å². The standard InChI is InChI=1S/C24H25Cl2F3N6O2/c1-23(11-37-10-20(23)36)34-3-2-13(16(27)9-34)14-5-17-12(4-15(14)25)7-30-22(32-17)33-18-8-31-35(21(18)26)19-6-24(19,28)29/h4-5,7-8,13,16,19-20,36H,2-3,6,9-11H2,1H3,(H,30,32,33)/t13-,16+,19+,20+,23-/m1/s1. The molecule has 198 valence electrons. The number of nitrogens with one attached hydrogen (secondary N) is 1. The van der Waals surface area contributed by atoms with Gasteiger partial charge in [-0.05, 0) is 37.6 Å². The zero-order valence-electron chi connectivity index (χ0n) is 19.8. The molecule has 0 bridgehead atoms. The van der Waals surface area contributed by atoms with Crippen LogP contribution in [0.1, 0.15) is 37.3 Å². The van der Waals surface area contributed by atoms with Gasteiger partial charge in [-0.15, -0.1) is 0 Å². The minimum atomic E-state index is -2.81. The second kappa shape index (κ2) is 8.94. The Morgan fingerprint density at radius 2 is 2.03 bits per heavy atom. The smallest absolute Gasteiger partial charge is 0.272 e. The summed E-state index contributed by atoms with van der Waals surface area (Å²) < 4.78 is 48.9. The lowest BCUT2D eigenvalue weighted by Crippen LogP contribution is -2.58. The van der Waals surface area contributed by atoms with E-state index >= 15 is 4.39 Å². The van der Waals surface area contributed by atoms with E-state index in [0.29, 0.717) is 46.7 Å². The fraction of sp³-hybridized carbons (Fsp3) is 0.542. The summed E-state index contributed by atoms with van der Waals surface area (Å²) in [5, 5.41) is 18.4. The van der Waals surface area contributed by atoms with Crippen LogP contribution >= 0.6 is 23.2 Å². The number of aromatic nitrogens is 4. The van der Waals surface area contributed by atoms with Gasteiger partial charge in [-0.3, -0.25) is 4.90 Å². The molecule has 13 heteroatoms. The quantitative estimate of drug-likeness (QED) is 0.469. The van der Waals surface area contributed by atoms with Crippen LogP contribution in [0.15, 0.2) is 24.5 Å². The molecule has 3 aliphatic rings. The maximum Gasteiger partial charge on any atom is 0.272 e. The van der Waals surface area contributed by atoms with Crippen LogP contribution in [0.4, 0.5) is 24.8 Å². The van der Waals surface area contributed by atoms with Gasteiger partial charge in [0.15, 0.2) is 5.15 Å². The number of rotatable bonds is 5. The molecule has 4 heterocycles. The molecule has 0 amide bonds. The van der Waals surface area contributed by atoms with Crippen LogP contribution < -0.4 is 5.32 Å². The second-order valence-electron chi connectivity index (χ2n) is 10.3. The third-order valence-corrected chi connectivity index (χ3v) is 8.52. The number of benzene rings is 1. The van der Waals surface area contributed by atoms with Crippen molar-refractivity contribution >= 4 is 45.7 Å². The van der Waals surface area contributed by atoms with Crippen molar-refractivity contribution in [3.63, 3.8) is 0 Å². The SMILES string of the molecule is C[C@@]1(N2CC[C@H](c3cc4nc(Nc5cnn([C@H]6CC6(F)F)c5Cl)ncc4cc3Cl)[C@@H](F)C2)COC[C@@H]1O. The third-order valence-electron chi connectivity index (χ3n) is 7.82. The van der Waals surface area contributed by atoms with E-state index in [1.54, 1.807) is 18.3 Å². The average Bonchev–Trinajstić information content (AvgIpc) is 3.13. The summed E-state index contributed by atoms with van der Waals surface area (Å²) in [5.41, 5.74) is 0.901. The monoisotopic (exact) mass is 556 g/mol. The Morgan fingerprint density at radius 1 is 1.24 bits per heavy atom. The first-order valence-electron chi connectivity index (χ1n) is 12.1. The minimum absolute atomic E-state index is 0.0428. The van der Waals surface area contributed by atoms with Crippen LogP contribution in [0.5, 0.6) is 0 Å². The summed E-state index contributed by atoms with van der Waals surface area (Å²) >= 11 is 12.8. The number of aliphatic hydroxyl groups is 1. The van der Waals surface area contributed by atoms with Crippen molar-refractivity contribution in [3.8, 4) is 0 Å². The number of ether oxygens (including phenoxy) is 1. The van der Waals surface area contributed by atoms with Crippen molar-refractivity contribution in [2.24, 2.45) is 0 Å². The first-order valence-corrected chi connectivity index (χ1v) is 12.8. The van der Waals surface area contributed by atoms with E-state index < -0.39 is 35.7 Å². The number of hydrogen-bond acceptors (Lipinski definition) is 7. The first kappa shape index (κ1) is 25.1. The Kier molecular flexibility index (Phi) is 6.07. The van der Waals surface area contributed by atoms with Crippen LogP contribution in [0.2, 0.25) is 10.2 Å². The Labute approximate surface area is 220 Å². The maximum atomic E-state index is 15.5. The van der Waals surface area contributed by atoms with Crippen LogP contribution in [-0.2, 0) is 4.74 Å². The average molecular weight is 557 g/mol. The molecule has 2 aromatic heterocycles. The number of piperidine rings is 1. The van der Waals surface area contributed by atoms with Gasteiger partial charge in [0.25, 0.3) is 5.92 Å². The predicted molar refractivity (Wildman–Crippen MR) is 133 cm³/mol. The largest absolute Gasteiger partial charge is 0.389 e. The van der Waals surface area contributed by atoms with E-state index in [1.807, 2.05) is 11.8 Å². The number of anilines is 2. The summed E-state index contributed by atoms with van der Waals surface area (Å²) in [4.78, 5) is 10.8. The fourth-order valence-corrected chi connectivity index (χ4v) is 5.89. The zero-order valence-corrected chi connectivity index (χ0v) is 21.4. The molecular formula is C24H25Cl2F3N6O2. The molecule has 5 atom stereocenters. The number of aliphatic hydroxyl groups excluding tert-OH is 1. The lowest BCUT2D eigenvalue weighted by molar-refractivity contribution is -0.0238. The normalized spacial score (nSPS) is 31.6. The molecule has 3 aromatic rings. The highest BCUT2D eigenvalue weighted by Gasteiger charge is 2.59. The molecule has 0 unspecified atom stereocenters. The fourth-order valence-electron chi connectivity index (χ4n) is 5.32. The molecular weight excluding hydrogens is 532 g/mol. The maximum absolute atomic E-state index is 15.5. The summed E-state index contributed by atoms with van der Waals surface area (Å²) in [6.07, 6.45) is 1.29. The number of halogens is 5. The van der Waals surface area contributed by atoms with E-state index in [4.69, 9.17) is 27.9 Å². The van der Waals surface area contributed by atoms with Crippen molar-refractivity contribution in [3.05, 3.63) is 40.3 Å². The number of fused-ring (bicyclic) bond motifs is 1. The molecule has 2 saturated heterocycles. The van der Waals surface area contributed by atoms with Crippen molar-refractivity contribution in [2.45, 2.75) is 55.5 Å². The van der Waals surface area contributed by atoms with Gasteiger partial charge < -0.3 is 15.2 Å². The van der Waals surface area contributed by atoms with Crippen LogP contribution in [0.25, 0.3) is 10.9 Å². The van der Waals surface area contributed by atoms with Crippen molar-refractivity contribution in [1.82, 2.24) is 24.6 Å². The Morgan fingerprint density at radius 3 is 2.70 bits per heavy atom. The minimum Gasteiger partial charge on any atom is -0.389 e. The molecule has 1 aliphatic carbocycles. The third kappa shape index (κ3) is 4.34. The van der Waals surface area contributed by atoms with Gasteiger partial charge in [0.1, 0.15) is 12.2 Å². The van der Waals surface area contributed by atoms with E-state index in [-0.39, 0.29) is 30.7 Å². The van der Waals surface area contributed by atoms with Gasteiger partial charge in [0.05, 0.1) is 42.3 Å². The highest BCUT2D eigenvalue weighted by molar-refractivity contribution is 6.32. The van der Waals surface area contributed by atoms with Crippen LogP contribution in [0.3, 0.4) is 0 Å². The Bertz CT molecular complexity index is 1360. The molecule has 6 rings (SSSR count). The molecule has 2 N–H and O–H groups in total. The molecule has 3 fully saturated rings. The molecule has 2 aliphatic heterocycles. The van der Waals surface area contributed by atoms with Gasteiger partial charge in [-0.1, -0.05) is 23.2 Å². The lowest BCUT2D eigenvalue weighted by atomic mass is 9.84. The van der Waals surface area contributed by atoms with Crippen LogP contribution in [-0.4, -0.2) is 79.8 Å². The van der Waals surface area contributed by atoms with Gasteiger partial charge >= 0.3 is 0 Å². The molecule has 8 nitrogen and oxygen atoms in total. The number of nitrogens with zero attached hydrogens (tertiary/aromatic N) is 5. The second-order valence-corrected chi connectivity index (χ2v) is 11.0.